The van der Waals surface area contributed by atoms with Gasteiger partial charge in [0.2, 0.25) is 0 Å². The average molecular weight is 436 g/mol. The lowest BCUT2D eigenvalue weighted by molar-refractivity contribution is 0.0586. The molecule has 0 saturated carbocycles. The molecule has 1 fully saturated rings. The number of amides is 1. The number of halogens is 1. The molecule has 0 bridgehead atoms. The Morgan fingerprint density at radius 2 is 1.77 bits per heavy atom. The van der Waals surface area contributed by atoms with Crippen molar-refractivity contribution in [1.29, 1.82) is 0 Å². The zero-order chi connectivity index (χ0) is 20.3. The molecule has 4 aromatic rings. The zero-order valence-corrected chi connectivity index (χ0v) is 17.6. The molecule has 0 N–H and O–H groups in total. The van der Waals surface area contributed by atoms with E-state index in [0.717, 1.165) is 40.6 Å². The molecule has 7 heteroatoms. The number of aromatic nitrogens is 2. The van der Waals surface area contributed by atoms with E-state index < -0.39 is 0 Å². The second-order valence-corrected chi connectivity index (χ2v) is 7.44. The minimum atomic E-state index is -0.0875. The smallest absolute Gasteiger partial charge is 0.276 e. The molecule has 0 unspecified atom stereocenters. The van der Waals surface area contributed by atoms with Crippen molar-refractivity contribution in [1.82, 2.24) is 15.0 Å². The van der Waals surface area contributed by atoms with Crippen molar-refractivity contribution in [3.8, 4) is 16.9 Å². The average Bonchev–Trinajstić information content (AvgIpc) is 3.34. The van der Waals surface area contributed by atoms with Gasteiger partial charge in [-0.1, -0.05) is 35.5 Å². The fourth-order valence-electron chi connectivity index (χ4n) is 3.81. The van der Waals surface area contributed by atoms with Crippen LogP contribution in [-0.4, -0.2) is 40.1 Å². The van der Waals surface area contributed by atoms with E-state index >= 15 is 0 Å². The number of likely N-dealkylation sites (tertiary alicyclic amines) is 1. The highest BCUT2D eigenvalue weighted by Gasteiger charge is 2.26. The van der Waals surface area contributed by atoms with Crippen molar-refractivity contribution >= 4 is 29.2 Å². The summed E-state index contributed by atoms with van der Waals surface area (Å²) in [6, 6.07) is 20.0. The van der Waals surface area contributed by atoms with Gasteiger partial charge in [0.1, 0.15) is 18.1 Å². The molecule has 2 aromatic heterocycles. The van der Waals surface area contributed by atoms with Gasteiger partial charge in [0.15, 0.2) is 5.69 Å². The molecule has 158 valence electrons. The maximum absolute atomic E-state index is 12.3. The molecular formula is C24H22ClN3O3. The summed E-state index contributed by atoms with van der Waals surface area (Å²) in [7, 11) is 0. The first-order valence-electron chi connectivity index (χ1n) is 10.1. The first-order chi connectivity index (χ1) is 14.8. The number of carbonyl (C=O) groups is 1. The highest BCUT2D eigenvalue weighted by Crippen LogP contribution is 2.26. The first-order valence-corrected chi connectivity index (χ1v) is 10.1. The summed E-state index contributed by atoms with van der Waals surface area (Å²) in [5.74, 6) is 0.754. The van der Waals surface area contributed by atoms with Crippen LogP contribution in [0, 0.1) is 0 Å². The molecule has 0 radical (unpaired) electrons. The quantitative estimate of drug-likeness (QED) is 0.451. The molecule has 1 aliphatic rings. The maximum atomic E-state index is 12.3. The van der Waals surface area contributed by atoms with Gasteiger partial charge < -0.3 is 14.2 Å². The summed E-state index contributed by atoms with van der Waals surface area (Å²) in [6.07, 6.45) is 5.00. The van der Waals surface area contributed by atoms with Gasteiger partial charge in [0.05, 0.1) is 5.52 Å². The third kappa shape index (κ3) is 4.54. The summed E-state index contributed by atoms with van der Waals surface area (Å²) >= 11 is 0. The molecule has 0 atom stereocenters. The summed E-state index contributed by atoms with van der Waals surface area (Å²) in [4.78, 5) is 18.7. The van der Waals surface area contributed by atoms with Crippen molar-refractivity contribution in [2.45, 2.75) is 18.9 Å². The van der Waals surface area contributed by atoms with Crippen molar-refractivity contribution in [3.63, 3.8) is 0 Å². The second kappa shape index (κ2) is 9.18. The lowest BCUT2D eigenvalue weighted by Gasteiger charge is -2.31. The molecule has 5 rings (SSSR count). The van der Waals surface area contributed by atoms with Crippen LogP contribution >= 0.6 is 12.4 Å². The number of rotatable bonds is 4. The summed E-state index contributed by atoms with van der Waals surface area (Å²) in [6.45, 7) is 1.30. The molecule has 0 spiro atoms. The summed E-state index contributed by atoms with van der Waals surface area (Å²) in [5, 5.41) is 4.85. The van der Waals surface area contributed by atoms with E-state index in [4.69, 9.17) is 9.26 Å². The third-order valence-electron chi connectivity index (χ3n) is 5.47. The van der Waals surface area contributed by atoms with Gasteiger partial charge in [0, 0.05) is 49.1 Å². The maximum Gasteiger partial charge on any atom is 0.276 e. The number of fused-ring (bicyclic) bond motifs is 1. The SMILES string of the molecule is Cl.O=C(c1ccon1)N1CCC(Oc2ccc(-c3cnc4ccccc4c3)cc2)CC1. The number of hydrogen-bond donors (Lipinski definition) is 0. The van der Waals surface area contributed by atoms with Gasteiger partial charge in [0.25, 0.3) is 5.91 Å². The number of nitrogens with zero attached hydrogens (tertiary/aromatic N) is 3. The van der Waals surface area contributed by atoms with E-state index in [1.807, 2.05) is 36.5 Å². The molecule has 2 aromatic carbocycles. The van der Waals surface area contributed by atoms with Crippen LogP contribution in [0.15, 0.2) is 77.6 Å². The molecule has 1 amide bonds. The van der Waals surface area contributed by atoms with Crippen molar-refractivity contribution in [2.75, 3.05) is 13.1 Å². The molecule has 1 saturated heterocycles. The highest BCUT2D eigenvalue weighted by atomic mass is 35.5. The lowest BCUT2D eigenvalue weighted by Crippen LogP contribution is -2.41. The fraction of sp³-hybridized carbons (Fsp3) is 0.208. The van der Waals surface area contributed by atoms with Crippen LogP contribution < -0.4 is 4.74 Å². The number of para-hydroxylation sites is 1. The third-order valence-corrected chi connectivity index (χ3v) is 5.47. The topological polar surface area (TPSA) is 68.5 Å². The Morgan fingerprint density at radius 3 is 2.52 bits per heavy atom. The molecule has 6 nitrogen and oxygen atoms in total. The number of hydrogen-bond acceptors (Lipinski definition) is 5. The molecular weight excluding hydrogens is 414 g/mol. The number of ether oxygens (including phenoxy) is 1. The van der Waals surface area contributed by atoms with Crippen LogP contribution in [0.4, 0.5) is 0 Å². The highest BCUT2D eigenvalue weighted by molar-refractivity contribution is 5.92. The van der Waals surface area contributed by atoms with E-state index in [-0.39, 0.29) is 24.4 Å². The zero-order valence-electron chi connectivity index (χ0n) is 16.8. The predicted octanol–water partition coefficient (Wildman–Crippen LogP) is 5.00. The summed E-state index contributed by atoms with van der Waals surface area (Å²) in [5.41, 5.74) is 3.54. The van der Waals surface area contributed by atoms with Crippen LogP contribution in [0.3, 0.4) is 0 Å². The van der Waals surface area contributed by atoms with Gasteiger partial charge in [-0.25, -0.2) is 0 Å². The Labute approximate surface area is 186 Å². The summed E-state index contributed by atoms with van der Waals surface area (Å²) < 4.78 is 10.9. The minimum Gasteiger partial charge on any atom is -0.490 e. The van der Waals surface area contributed by atoms with Crippen LogP contribution in [0.1, 0.15) is 23.3 Å². The Bertz CT molecular complexity index is 1150. The number of piperidine rings is 1. The first kappa shape index (κ1) is 20.9. The van der Waals surface area contributed by atoms with Crippen LogP contribution in [0.2, 0.25) is 0 Å². The molecule has 1 aliphatic heterocycles. The van der Waals surface area contributed by atoms with Crippen molar-refractivity contribution < 1.29 is 14.1 Å². The largest absolute Gasteiger partial charge is 0.490 e. The van der Waals surface area contributed by atoms with Crippen molar-refractivity contribution in [3.05, 3.63) is 78.8 Å². The molecule has 0 aliphatic carbocycles. The Balaban J connectivity index is 0.00000231. The Kier molecular flexibility index (Phi) is 6.18. The second-order valence-electron chi connectivity index (χ2n) is 7.44. The van der Waals surface area contributed by atoms with Gasteiger partial charge in [-0.2, -0.15) is 0 Å². The normalized spacial score (nSPS) is 14.3. The van der Waals surface area contributed by atoms with Gasteiger partial charge in [-0.15, -0.1) is 12.4 Å². The lowest BCUT2D eigenvalue weighted by atomic mass is 10.0. The standard InChI is InChI=1S/C24H21N3O3.ClH/c28-24(23-11-14-29-26-23)27-12-9-21(10-13-27)30-20-7-5-17(6-8-20)19-15-18-3-1-2-4-22(18)25-16-19;/h1-8,11,14-16,21H,9-10,12-13H2;1H. The monoisotopic (exact) mass is 435 g/mol. The van der Waals surface area contributed by atoms with Gasteiger partial charge >= 0.3 is 0 Å². The van der Waals surface area contributed by atoms with Crippen molar-refractivity contribution in [2.24, 2.45) is 0 Å². The van der Waals surface area contributed by atoms with E-state index in [9.17, 15) is 4.79 Å². The van der Waals surface area contributed by atoms with E-state index in [1.54, 1.807) is 11.0 Å². The Morgan fingerprint density at radius 1 is 1.00 bits per heavy atom. The Hall–Kier alpha value is -3.38. The number of carbonyl (C=O) groups excluding carboxylic acids is 1. The number of benzene rings is 2. The number of pyridine rings is 1. The van der Waals surface area contributed by atoms with E-state index in [1.165, 1.54) is 6.26 Å². The predicted molar refractivity (Wildman–Crippen MR) is 120 cm³/mol. The molecule has 31 heavy (non-hydrogen) atoms. The molecule has 3 heterocycles. The van der Waals surface area contributed by atoms with E-state index in [0.29, 0.717) is 18.8 Å². The fourth-order valence-corrected chi connectivity index (χ4v) is 3.81. The van der Waals surface area contributed by atoms with Gasteiger partial charge in [-0.05, 0) is 29.8 Å². The van der Waals surface area contributed by atoms with Crippen LogP contribution in [-0.2, 0) is 0 Å². The van der Waals surface area contributed by atoms with Crippen LogP contribution in [0.25, 0.3) is 22.0 Å². The van der Waals surface area contributed by atoms with E-state index in [2.05, 4.69) is 34.4 Å². The van der Waals surface area contributed by atoms with Crippen LogP contribution in [0.5, 0.6) is 5.75 Å². The minimum absolute atomic E-state index is 0. The van der Waals surface area contributed by atoms with Gasteiger partial charge in [-0.3, -0.25) is 9.78 Å².